The maximum absolute atomic E-state index is 12.4. The van der Waals surface area contributed by atoms with Crippen LogP contribution in [-0.2, 0) is 5.41 Å². The lowest BCUT2D eigenvalue weighted by Crippen LogP contribution is -2.46. The lowest BCUT2D eigenvalue weighted by molar-refractivity contribution is 0.0945. The van der Waals surface area contributed by atoms with Crippen LogP contribution >= 0.6 is 0 Å². The Morgan fingerprint density at radius 2 is 1.90 bits per heavy atom. The first-order valence-electron chi connectivity index (χ1n) is 7.79. The standard InChI is InChI=1S/C17H27N3O/c1-17(2,3)15-7-5-4-6-14(15)16(21)19-10-13-20-11-8-18-9-12-20/h4-7,18H,8-13H2,1-3H3,(H,19,21). The Kier molecular flexibility index (Phi) is 5.37. The van der Waals surface area contributed by atoms with Crippen LogP contribution in [0.25, 0.3) is 0 Å². The van der Waals surface area contributed by atoms with Crippen molar-refractivity contribution in [2.24, 2.45) is 0 Å². The van der Waals surface area contributed by atoms with Gasteiger partial charge >= 0.3 is 0 Å². The molecule has 1 aromatic carbocycles. The van der Waals surface area contributed by atoms with Crippen LogP contribution in [0.5, 0.6) is 0 Å². The molecule has 4 heteroatoms. The molecule has 21 heavy (non-hydrogen) atoms. The number of hydrogen-bond donors (Lipinski definition) is 2. The fourth-order valence-electron chi connectivity index (χ4n) is 2.69. The summed E-state index contributed by atoms with van der Waals surface area (Å²) in [6.07, 6.45) is 0. The first kappa shape index (κ1) is 16.0. The number of carbonyl (C=O) groups excluding carboxylic acids is 1. The summed E-state index contributed by atoms with van der Waals surface area (Å²) in [6, 6.07) is 7.89. The minimum atomic E-state index is -0.0214. The van der Waals surface area contributed by atoms with E-state index in [9.17, 15) is 4.79 Å². The van der Waals surface area contributed by atoms with E-state index in [1.165, 1.54) is 0 Å². The van der Waals surface area contributed by atoms with Crippen molar-refractivity contribution in [2.75, 3.05) is 39.3 Å². The van der Waals surface area contributed by atoms with Gasteiger partial charge in [0.05, 0.1) is 0 Å². The van der Waals surface area contributed by atoms with Crippen molar-refractivity contribution in [3.8, 4) is 0 Å². The molecular formula is C17H27N3O. The van der Waals surface area contributed by atoms with Gasteiger partial charge in [0, 0.05) is 44.8 Å². The average Bonchev–Trinajstić information content (AvgIpc) is 2.47. The van der Waals surface area contributed by atoms with E-state index in [0.29, 0.717) is 6.54 Å². The van der Waals surface area contributed by atoms with Crippen LogP contribution in [0, 0.1) is 0 Å². The highest BCUT2D eigenvalue weighted by atomic mass is 16.1. The first-order chi connectivity index (χ1) is 9.98. The molecule has 116 valence electrons. The van der Waals surface area contributed by atoms with Crippen LogP contribution in [-0.4, -0.2) is 50.1 Å². The number of carbonyl (C=O) groups is 1. The highest BCUT2D eigenvalue weighted by Crippen LogP contribution is 2.25. The van der Waals surface area contributed by atoms with E-state index in [-0.39, 0.29) is 11.3 Å². The molecule has 2 rings (SSSR count). The number of hydrogen-bond acceptors (Lipinski definition) is 3. The van der Waals surface area contributed by atoms with Crippen LogP contribution in [0.15, 0.2) is 24.3 Å². The van der Waals surface area contributed by atoms with Gasteiger partial charge in [-0.2, -0.15) is 0 Å². The van der Waals surface area contributed by atoms with Crippen molar-refractivity contribution in [2.45, 2.75) is 26.2 Å². The highest BCUT2D eigenvalue weighted by Gasteiger charge is 2.21. The minimum absolute atomic E-state index is 0.0214. The van der Waals surface area contributed by atoms with Gasteiger partial charge in [0.25, 0.3) is 5.91 Å². The summed E-state index contributed by atoms with van der Waals surface area (Å²) in [5.74, 6) is 0.0376. The second kappa shape index (κ2) is 7.05. The summed E-state index contributed by atoms with van der Waals surface area (Å²) in [6.45, 7) is 12.3. The maximum atomic E-state index is 12.4. The molecule has 0 saturated carbocycles. The number of nitrogens with one attached hydrogen (secondary N) is 2. The van der Waals surface area contributed by atoms with Crippen molar-refractivity contribution < 1.29 is 4.79 Å². The third kappa shape index (κ3) is 4.55. The molecule has 1 aromatic rings. The van der Waals surface area contributed by atoms with E-state index >= 15 is 0 Å². The van der Waals surface area contributed by atoms with E-state index in [2.05, 4.69) is 36.3 Å². The molecule has 1 aliphatic rings. The second-order valence-electron chi connectivity index (χ2n) is 6.64. The van der Waals surface area contributed by atoms with E-state index in [0.717, 1.165) is 43.9 Å². The fraction of sp³-hybridized carbons (Fsp3) is 0.588. The predicted octanol–water partition coefficient (Wildman–Crippen LogP) is 1.62. The van der Waals surface area contributed by atoms with Gasteiger partial charge < -0.3 is 10.6 Å². The zero-order valence-corrected chi connectivity index (χ0v) is 13.4. The van der Waals surface area contributed by atoms with Gasteiger partial charge in [0.2, 0.25) is 0 Å². The Morgan fingerprint density at radius 3 is 2.57 bits per heavy atom. The fourth-order valence-corrected chi connectivity index (χ4v) is 2.69. The van der Waals surface area contributed by atoms with Gasteiger partial charge in [-0.05, 0) is 17.0 Å². The monoisotopic (exact) mass is 289 g/mol. The van der Waals surface area contributed by atoms with Crippen LogP contribution in [0.2, 0.25) is 0 Å². The lowest BCUT2D eigenvalue weighted by Gasteiger charge is -2.27. The van der Waals surface area contributed by atoms with Gasteiger partial charge in [0.15, 0.2) is 0 Å². The molecule has 1 aliphatic heterocycles. The topological polar surface area (TPSA) is 44.4 Å². The Labute approximate surface area is 127 Å². The van der Waals surface area contributed by atoms with Crippen LogP contribution in [0.3, 0.4) is 0 Å². The molecule has 0 radical (unpaired) electrons. The molecule has 1 saturated heterocycles. The summed E-state index contributed by atoms with van der Waals surface area (Å²) < 4.78 is 0. The molecule has 4 nitrogen and oxygen atoms in total. The third-order valence-electron chi connectivity index (χ3n) is 3.90. The minimum Gasteiger partial charge on any atom is -0.351 e. The van der Waals surface area contributed by atoms with Crippen LogP contribution in [0.4, 0.5) is 0 Å². The van der Waals surface area contributed by atoms with Gasteiger partial charge in [-0.25, -0.2) is 0 Å². The van der Waals surface area contributed by atoms with Gasteiger partial charge in [-0.3, -0.25) is 9.69 Å². The molecule has 0 unspecified atom stereocenters. The number of rotatable bonds is 4. The third-order valence-corrected chi connectivity index (χ3v) is 3.90. The van der Waals surface area contributed by atoms with E-state index in [1.807, 2.05) is 24.3 Å². The Hall–Kier alpha value is -1.39. The highest BCUT2D eigenvalue weighted by molar-refractivity contribution is 5.96. The smallest absolute Gasteiger partial charge is 0.251 e. The molecule has 0 spiro atoms. The Morgan fingerprint density at radius 1 is 1.24 bits per heavy atom. The van der Waals surface area contributed by atoms with Crippen LogP contribution in [0.1, 0.15) is 36.7 Å². The number of nitrogens with zero attached hydrogens (tertiary/aromatic N) is 1. The molecule has 0 atom stereocenters. The second-order valence-corrected chi connectivity index (χ2v) is 6.64. The summed E-state index contributed by atoms with van der Waals surface area (Å²) >= 11 is 0. The quantitative estimate of drug-likeness (QED) is 0.885. The van der Waals surface area contributed by atoms with E-state index in [1.54, 1.807) is 0 Å². The van der Waals surface area contributed by atoms with Crippen molar-refractivity contribution >= 4 is 5.91 Å². The molecule has 1 heterocycles. The molecule has 0 aliphatic carbocycles. The zero-order valence-electron chi connectivity index (χ0n) is 13.4. The number of piperazine rings is 1. The number of amides is 1. The van der Waals surface area contributed by atoms with E-state index in [4.69, 9.17) is 0 Å². The summed E-state index contributed by atoms with van der Waals surface area (Å²) in [7, 11) is 0. The summed E-state index contributed by atoms with van der Waals surface area (Å²) in [4.78, 5) is 14.8. The summed E-state index contributed by atoms with van der Waals surface area (Å²) in [5, 5.41) is 6.39. The van der Waals surface area contributed by atoms with Gasteiger partial charge in [-0.15, -0.1) is 0 Å². The van der Waals surface area contributed by atoms with Crippen molar-refractivity contribution in [1.82, 2.24) is 15.5 Å². The Balaban J connectivity index is 1.91. The first-order valence-corrected chi connectivity index (χ1v) is 7.79. The average molecular weight is 289 g/mol. The van der Waals surface area contributed by atoms with E-state index < -0.39 is 0 Å². The lowest BCUT2D eigenvalue weighted by atomic mass is 9.83. The van der Waals surface area contributed by atoms with Gasteiger partial charge in [0.1, 0.15) is 0 Å². The largest absolute Gasteiger partial charge is 0.351 e. The zero-order chi connectivity index (χ0) is 15.3. The maximum Gasteiger partial charge on any atom is 0.251 e. The molecule has 1 amide bonds. The van der Waals surface area contributed by atoms with Crippen molar-refractivity contribution in [3.05, 3.63) is 35.4 Å². The van der Waals surface area contributed by atoms with Crippen molar-refractivity contribution in [3.63, 3.8) is 0 Å². The molecule has 0 aromatic heterocycles. The SMILES string of the molecule is CC(C)(C)c1ccccc1C(=O)NCCN1CCNCC1. The normalized spacial score (nSPS) is 16.7. The predicted molar refractivity (Wildman–Crippen MR) is 86.8 cm³/mol. The Bertz CT molecular complexity index is 473. The van der Waals surface area contributed by atoms with Crippen molar-refractivity contribution in [1.29, 1.82) is 0 Å². The molecule has 0 bridgehead atoms. The molecule has 2 N–H and O–H groups in total. The number of benzene rings is 1. The molecule has 1 fully saturated rings. The molecular weight excluding hydrogens is 262 g/mol. The summed E-state index contributed by atoms with van der Waals surface area (Å²) in [5.41, 5.74) is 1.88. The van der Waals surface area contributed by atoms with Gasteiger partial charge in [-0.1, -0.05) is 39.0 Å². The van der Waals surface area contributed by atoms with Crippen LogP contribution < -0.4 is 10.6 Å².